The molecule has 4 fully saturated rings. The lowest BCUT2D eigenvalue weighted by Crippen LogP contribution is -2.53. The van der Waals surface area contributed by atoms with Crippen LogP contribution in [-0.2, 0) is 19.9 Å². The van der Waals surface area contributed by atoms with Gasteiger partial charge < -0.3 is 9.47 Å². The van der Waals surface area contributed by atoms with Crippen LogP contribution in [0.15, 0.2) is 72.3 Å². The zero-order chi connectivity index (χ0) is 28.5. The number of ether oxygens (including phenoxy) is 2. The molecule has 4 aliphatic carbocycles. The summed E-state index contributed by atoms with van der Waals surface area (Å²) in [5.41, 5.74) is 4.24. The molecular formula is C38H48O3. The predicted molar refractivity (Wildman–Crippen MR) is 163 cm³/mol. The fourth-order valence-electron chi connectivity index (χ4n) is 11.1. The monoisotopic (exact) mass is 552 g/mol. The summed E-state index contributed by atoms with van der Waals surface area (Å²) in [4.78, 5) is 11.7. The van der Waals surface area contributed by atoms with E-state index >= 15 is 0 Å². The molecule has 7 rings (SSSR count). The highest BCUT2D eigenvalue weighted by molar-refractivity contribution is 5.66. The summed E-state index contributed by atoms with van der Waals surface area (Å²) in [6, 6.07) is 22.0. The normalized spacial score (nSPS) is 41.1. The topological polar surface area (TPSA) is 35.5 Å². The Bertz CT molecular complexity index is 1280. The van der Waals surface area contributed by atoms with Crippen LogP contribution in [0.4, 0.5) is 0 Å². The molecule has 2 aromatic rings. The number of hydrogen-bond donors (Lipinski definition) is 0. The van der Waals surface area contributed by atoms with Crippen molar-refractivity contribution in [2.45, 2.75) is 109 Å². The number of carbonyl (C=O) groups is 1. The molecule has 0 spiro atoms. The molecule has 0 unspecified atom stereocenters. The number of esters is 1. The van der Waals surface area contributed by atoms with Gasteiger partial charge in [-0.05, 0) is 110 Å². The second-order valence-electron chi connectivity index (χ2n) is 14.9. The van der Waals surface area contributed by atoms with E-state index in [1.54, 1.807) is 12.5 Å². The fraction of sp³-hybridized carbons (Fsp3) is 0.605. The van der Waals surface area contributed by atoms with Gasteiger partial charge in [0.2, 0.25) is 0 Å². The first-order valence-electron chi connectivity index (χ1n) is 16.4. The lowest BCUT2D eigenvalue weighted by atomic mass is 9.46. The van der Waals surface area contributed by atoms with Gasteiger partial charge in [0.15, 0.2) is 0 Å². The Morgan fingerprint density at radius 1 is 0.805 bits per heavy atom. The molecule has 41 heavy (non-hydrogen) atoms. The number of fused-ring (bicyclic) bond motifs is 5. The van der Waals surface area contributed by atoms with Crippen LogP contribution in [0.1, 0.15) is 103 Å². The first kappa shape index (κ1) is 27.4. The zero-order valence-electron chi connectivity index (χ0n) is 25.5. The molecule has 5 aliphatic rings. The maximum absolute atomic E-state index is 11.7. The van der Waals surface area contributed by atoms with Gasteiger partial charge >= 0.3 is 5.97 Å². The van der Waals surface area contributed by atoms with Gasteiger partial charge in [0.05, 0.1) is 5.60 Å². The average Bonchev–Trinajstić information content (AvgIpc) is 3.53. The summed E-state index contributed by atoms with van der Waals surface area (Å²) in [5, 5.41) is 0. The molecular weight excluding hydrogens is 504 g/mol. The van der Waals surface area contributed by atoms with Gasteiger partial charge in [-0.1, -0.05) is 86.2 Å². The van der Waals surface area contributed by atoms with Crippen molar-refractivity contribution in [3.8, 4) is 0 Å². The van der Waals surface area contributed by atoms with Crippen LogP contribution in [-0.4, -0.2) is 17.7 Å². The van der Waals surface area contributed by atoms with Gasteiger partial charge in [-0.2, -0.15) is 0 Å². The third-order valence-electron chi connectivity index (χ3n) is 13.0. The summed E-state index contributed by atoms with van der Waals surface area (Å²) in [6.45, 7) is 9.20. The van der Waals surface area contributed by atoms with Crippen LogP contribution in [0.2, 0.25) is 0 Å². The Morgan fingerprint density at radius 2 is 1.49 bits per heavy atom. The van der Waals surface area contributed by atoms with Crippen molar-refractivity contribution < 1.29 is 14.3 Å². The summed E-state index contributed by atoms with van der Waals surface area (Å²) >= 11 is 0. The van der Waals surface area contributed by atoms with Crippen LogP contribution >= 0.6 is 0 Å². The molecule has 0 amide bonds. The van der Waals surface area contributed by atoms with E-state index in [4.69, 9.17) is 9.47 Å². The second kappa shape index (κ2) is 9.83. The number of hydrogen-bond acceptors (Lipinski definition) is 3. The summed E-state index contributed by atoms with van der Waals surface area (Å²) in [7, 11) is 0. The Balaban J connectivity index is 1.17. The van der Waals surface area contributed by atoms with Crippen LogP contribution in [0.3, 0.4) is 0 Å². The van der Waals surface area contributed by atoms with E-state index in [9.17, 15) is 4.79 Å². The highest BCUT2D eigenvalue weighted by Crippen LogP contribution is 2.69. The van der Waals surface area contributed by atoms with E-state index in [0.29, 0.717) is 11.3 Å². The zero-order valence-corrected chi connectivity index (χ0v) is 25.5. The van der Waals surface area contributed by atoms with E-state index in [1.807, 2.05) is 0 Å². The van der Waals surface area contributed by atoms with Gasteiger partial charge in [0.25, 0.3) is 0 Å². The van der Waals surface area contributed by atoms with Gasteiger partial charge in [0.1, 0.15) is 11.7 Å². The minimum absolute atomic E-state index is 0.0713. The second-order valence-corrected chi connectivity index (χ2v) is 14.9. The van der Waals surface area contributed by atoms with Crippen LogP contribution in [0.25, 0.3) is 0 Å². The smallest absolute Gasteiger partial charge is 0.302 e. The molecule has 3 heteroatoms. The van der Waals surface area contributed by atoms with Crippen molar-refractivity contribution in [1.82, 2.24) is 0 Å². The quantitative estimate of drug-likeness (QED) is 0.280. The Labute approximate surface area is 247 Å². The standard InChI is InChI=1S/C38H48O3/c1-26(39)40-30-19-21-35(2)29(25-30)15-16-31-32-17-18-34(36(32,3)22-20-33(31)35)37(4)23-24-38(41-37,27-11-7-5-8-12-27)28-13-9-6-10-14-28/h5-15,30-34H,16-25H2,1-4H3/t30-,31-,32-,33-,34-,35+,36+,37-/m1/s1. The van der Waals surface area contributed by atoms with E-state index in [-0.39, 0.29) is 28.7 Å². The molecule has 3 nitrogen and oxygen atoms in total. The maximum Gasteiger partial charge on any atom is 0.302 e. The molecule has 2 aromatic carbocycles. The minimum Gasteiger partial charge on any atom is -0.462 e. The molecule has 1 aliphatic heterocycles. The Morgan fingerprint density at radius 3 is 2.15 bits per heavy atom. The number of benzene rings is 2. The number of allylic oxidation sites excluding steroid dienone is 1. The van der Waals surface area contributed by atoms with Crippen molar-refractivity contribution >= 4 is 5.97 Å². The summed E-state index contributed by atoms with van der Waals surface area (Å²) in [5.74, 6) is 2.71. The Kier molecular flexibility index (Phi) is 6.58. The Hall–Kier alpha value is -2.39. The van der Waals surface area contributed by atoms with Crippen molar-refractivity contribution in [1.29, 1.82) is 0 Å². The van der Waals surface area contributed by atoms with Gasteiger partial charge in [-0.15, -0.1) is 0 Å². The van der Waals surface area contributed by atoms with Crippen molar-refractivity contribution in [2.75, 3.05) is 0 Å². The molecule has 0 aromatic heterocycles. The van der Waals surface area contributed by atoms with Crippen molar-refractivity contribution in [2.24, 2.45) is 34.5 Å². The highest BCUT2D eigenvalue weighted by atomic mass is 16.5. The molecule has 0 bridgehead atoms. The SMILES string of the molecule is CC(=O)O[C@@H]1CC[C@@]2(C)C(=CC[C@@H]3[C@H]4CC[C@@H]([C@@]5(C)CCC(c6ccccc6)(c6ccccc6)O5)[C@@]4(C)CC[C@H]32)C1. The van der Waals surface area contributed by atoms with Crippen LogP contribution in [0.5, 0.6) is 0 Å². The predicted octanol–water partition coefficient (Wildman–Crippen LogP) is 9.01. The highest BCUT2D eigenvalue weighted by Gasteiger charge is 2.64. The lowest BCUT2D eigenvalue weighted by Gasteiger charge is -2.59. The molecule has 1 heterocycles. The molecule has 8 atom stereocenters. The minimum atomic E-state index is -0.376. The van der Waals surface area contributed by atoms with Crippen LogP contribution in [0, 0.1) is 34.5 Å². The first-order valence-corrected chi connectivity index (χ1v) is 16.4. The van der Waals surface area contributed by atoms with Crippen molar-refractivity contribution in [3.05, 3.63) is 83.4 Å². The average molecular weight is 553 g/mol. The first-order chi connectivity index (χ1) is 19.7. The number of rotatable bonds is 4. The largest absolute Gasteiger partial charge is 0.462 e. The molecule has 218 valence electrons. The van der Waals surface area contributed by atoms with Gasteiger partial charge in [-0.3, -0.25) is 4.79 Å². The van der Waals surface area contributed by atoms with Gasteiger partial charge in [-0.25, -0.2) is 0 Å². The molecule has 1 saturated heterocycles. The van der Waals surface area contributed by atoms with Crippen LogP contribution < -0.4 is 0 Å². The van der Waals surface area contributed by atoms with E-state index in [2.05, 4.69) is 87.5 Å². The maximum atomic E-state index is 11.7. The van der Waals surface area contributed by atoms with E-state index < -0.39 is 0 Å². The van der Waals surface area contributed by atoms with E-state index in [0.717, 1.165) is 49.9 Å². The lowest BCUT2D eigenvalue weighted by molar-refractivity contribution is -0.153. The van der Waals surface area contributed by atoms with Crippen molar-refractivity contribution in [3.63, 3.8) is 0 Å². The molecule has 3 saturated carbocycles. The summed E-state index contributed by atoms with van der Waals surface area (Å²) < 4.78 is 13.2. The third kappa shape index (κ3) is 4.20. The van der Waals surface area contributed by atoms with Gasteiger partial charge in [0, 0.05) is 13.3 Å². The fourth-order valence-corrected chi connectivity index (χ4v) is 11.1. The van der Waals surface area contributed by atoms with E-state index in [1.165, 1.54) is 43.2 Å². The molecule has 0 N–H and O–H groups in total. The molecule has 0 radical (unpaired) electrons. The summed E-state index contributed by atoms with van der Waals surface area (Å²) in [6.07, 6.45) is 14.3. The third-order valence-corrected chi connectivity index (χ3v) is 13.0. The number of carbonyl (C=O) groups excluding carboxylic acids is 1.